The Hall–Kier alpha value is -1.82. The van der Waals surface area contributed by atoms with Crippen molar-refractivity contribution in [2.24, 2.45) is 5.92 Å². The van der Waals surface area contributed by atoms with Gasteiger partial charge in [0, 0.05) is 23.8 Å². The third kappa shape index (κ3) is 4.29. The van der Waals surface area contributed by atoms with E-state index in [4.69, 9.17) is 0 Å². The highest BCUT2D eigenvalue weighted by atomic mass is 32.2. The molecule has 5 nitrogen and oxygen atoms in total. The van der Waals surface area contributed by atoms with Crippen LogP contribution in [0.25, 0.3) is 0 Å². The van der Waals surface area contributed by atoms with Crippen LogP contribution in [-0.2, 0) is 9.59 Å². The maximum Gasteiger partial charge on any atom is 0.326 e. The first-order valence-corrected chi connectivity index (χ1v) is 10.3. The number of carboxylic acids is 1. The van der Waals surface area contributed by atoms with E-state index in [9.17, 15) is 19.5 Å². The van der Waals surface area contributed by atoms with E-state index >= 15 is 0 Å². The first kappa shape index (κ1) is 19.0. The van der Waals surface area contributed by atoms with Crippen LogP contribution in [0, 0.1) is 5.92 Å². The van der Waals surface area contributed by atoms with E-state index in [1.807, 2.05) is 18.2 Å². The zero-order valence-corrected chi connectivity index (χ0v) is 15.6. The molecule has 3 rings (SSSR count). The molecular weight excluding hydrogens is 350 g/mol. The highest BCUT2D eigenvalue weighted by Crippen LogP contribution is 2.38. The summed E-state index contributed by atoms with van der Waals surface area (Å²) >= 11 is 1.13. The van der Waals surface area contributed by atoms with Crippen molar-refractivity contribution in [3.05, 3.63) is 35.9 Å². The second-order valence-corrected chi connectivity index (χ2v) is 8.16. The molecule has 6 heteroatoms. The molecule has 1 aliphatic carbocycles. The number of amides is 1. The van der Waals surface area contributed by atoms with E-state index in [1.165, 1.54) is 6.42 Å². The molecule has 1 amide bonds. The lowest BCUT2D eigenvalue weighted by Crippen LogP contribution is -2.57. The Labute approximate surface area is 158 Å². The third-order valence-electron chi connectivity index (χ3n) is 5.50. The van der Waals surface area contributed by atoms with Gasteiger partial charge in [0.15, 0.2) is 0 Å². The van der Waals surface area contributed by atoms with Crippen LogP contribution in [0.2, 0.25) is 0 Å². The summed E-state index contributed by atoms with van der Waals surface area (Å²) < 4.78 is 0. The summed E-state index contributed by atoms with van der Waals surface area (Å²) in [6.45, 7) is 0. The quantitative estimate of drug-likeness (QED) is 0.851. The number of hydrogen-bond acceptors (Lipinski definition) is 4. The lowest BCUT2D eigenvalue weighted by atomic mass is 9.76. The van der Waals surface area contributed by atoms with Gasteiger partial charge >= 0.3 is 5.97 Å². The molecule has 2 aliphatic rings. The fourth-order valence-corrected chi connectivity index (χ4v) is 5.02. The number of thioether (sulfide) groups is 1. The summed E-state index contributed by atoms with van der Waals surface area (Å²) in [5.74, 6) is -0.216. The molecule has 0 spiro atoms. The molecule has 0 radical (unpaired) electrons. The van der Waals surface area contributed by atoms with Crippen molar-refractivity contribution in [3.63, 3.8) is 0 Å². The van der Waals surface area contributed by atoms with Crippen LogP contribution in [0.5, 0.6) is 0 Å². The monoisotopic (exact) mass is 375 g/mol. The predicted molar refractivity (Wildman–Crippen MR) is 101 cm³/mol. The zero-order chi connectivity index (χ0) is 18.5. The normalized spacial score (nSPS) is 25.4. The zero-order valence-electron chi connectivity index (χ0n) is 14.8. The summed E-state index contributed by atoms with van der Waals surface area (Å²) in [5, 5.41) is 9.50. The second kappa shape index (κ2) is 8.71. The topological polar surface area (TPSA) is 74.7 Å². The Morgan fingerprint density at radius 2 is 1.77 bits per heavy atom. The van der Waals surface area contributed by atoms with E-state index in [1.54, 1.807) is 17.0 Å². The lowest BCUT2D eigenvalue weighted by Gasteiger charge is -2.47. The molecule has 1 N–H and O–H groups in total. The molecule has 0 bridgehead atoms. The molecule has 1 aromatic rings. The van der Waals surface area contributed by atoms with Crippen LogP contribution in [0.4, 0.5) is 0 Å². The SMILES string of the molecule is O=C(SCCC(=O)N1C(C(=O)O)CCC2CCCCC21)c1ccccc1. The Morgan fingerprint density at radius 3 is 2.50 bits per heavy atom. The van der Waals surface area contributed by atoms with Crippen molar-refractivity contribution in [2.45, 2.75) is 57.0 Å². The molecule has 0 aromatic heterocycles. The Kier molecular flexibility index (Phi) is 6.35. The van der Waals surface area contributed by atoms with Crippen LogP contribution in [-0.4, -0.2) is 44.8 Å². The Bertz CT molecular complexity index is 663. The number of benzene rings is 1. The molecule has 3 unspecified atom stereocenters. The fourth-order valence-electron chi connectivity index (χ4n) is 4.25. The number of hydrogen-bond donors (Lipinski definition) is 1. The number of carbonyl (C=O) groups is 3. The number of carboxylic acid groups (broad SMARTS) is 1. The van der Waals surface area contributed by atoms with E-state index < -0.39 is 12.0 Å². The van der Waals surface area contributed by atoms with Gasteiger partial charge in [-0.3, -0.25) is 9.59 Å². The highest BCUT2D eigenvalue weighted by molar-refractivity contribution is 8.14. The van der Waals surface area contributed by atoms with Crippen LogP contribution in [0.1, 0.15) is 55.3 Å². The average molecular weight is 375 g/mol. The van der Waals surface area contributed by atoms with Crippen LogP contribution in [0.15, 0.2) is 30.3 Å². The number of likely N-dealkylation sites (tertiary alicyclic amines) is 1. The van der Waals surface area contributed by atoms with Gasteiger partial charge in [-0.05, 0) is 31.6 Å². The maximum atomic E-state index is 12.8. The molecule has 1 aromatic carbocycles. The van der Waals surface area contributed by atoms with Crippen molar-refractivity contribution >= 4 is 28.8 Å². The van der Waals surface area contributed by atoms with Gasteiger partial charge in [0.2, 0.25) is 11.0 Å². The minimum absolute atomic E-state index is 0.0534. The lowest BCUT2D eigenvalue weighted by molar-refractivity contribution is -0.158. The largest absolute Gasteiger partial charge is 0.480 e. The van der Waals surface area contributed by atoms with Gasteiger partial charge in [0.1, 0.15) is 6.04 Å². The molecule has 2 fully saturated rings. The van der Waals surface area contributed by atoms with E-state index in [-0.39, 0.29) is 23.5 Å². The molecule has 1 saturated carbocycles. The summed E-state index contributed by atoms with van der Waals surface area (Å²) in [4.78, 5) is 38.3. The van der Waals surface area contributed by atoms with Gasteiger partial charge in [0.25, 0.3) is 0 Å². The van der Waals surface area contributed by atoms with Crippen LogP contribution >= 0.6 is 11.8 Å². The molecule has 26 heavy (non-hydrogen) atoms. The van der Waals surface area contributed by atoms with E-state index in [0.29, 0.717) is 23.7 Å². The Morgan fingerprint density at radius 1 is 1.04 bits per heavy atom. The average Bonchev–Trinajstić information content (AvgIpc) is 2.67. The predicted octanol–water partition coefficient (Wildman–Crippen LogP) is 3.58. The first-order chi connectivity index (χ1) is 12.6. The van der Waals surface area contributed by atoms with Crippen LogP contribution < -0.4 is 0 Å². The minimum Gasteiger partial charge on any atom is -0.480 e. The summed E-state index contributed by atoms with van der Waals surface area (Å²) in [6.07, 6.45) is 5.85. The van der Waals surface area contributed by atoms with Gasteiger partial charge in [0.05, 0.1) is 0 Å². The highest BCUT2D eigenvalue weighted by Gasteiger charge is 2.43. The van der Waals surface area contributed by atoms with Crippen molar-refractivity contribution in [3.8, 4) is 0 Å². The molecule has 1 heterocycles. The first-order valence-electron chi connectivity index (χ1n) is 9.34. The van der Waals surface area contributed by atoms with Crippen molar-refractivity contribution in [1.29, 1.82) is 0 Å². The van der Waals surface area contributed by atoms with Gasteiger partial charge in [-0.2, -0.15) is 0 Å². The maximum absolute atomic E-state index is 12.8. The number of aliphatic carboxylic acids is 1. The summed E-state index contributed by atoms with van der Waals surface area (Å²) in [7, 11) is 0. The standard InChI is InChI=1S/C20H25NO4S/c22-18(12-13-26-20(25)15-7-2-1-3-8-15)21-16-9-5-4-6-14(16)10-11-17(21)19(23)24/h1-3,7-8,14,16-17H,4-6,9-13H2,(H,23,24). The minimum atomic E-state index is -0.907. The van der Waals surface area contributed by atoms with Gasteiger partial charge < -0.3 is 10.0 Å². The molecule has 1 saturated heterocycles. The number of fused-ring (bicyclic) bond motifs is 1. The van der Waals surface area contributed by atoms with Crippen molar-refractivity contribution < 1.29 is 19.5 Å². The Balaban J connectivity index is 1.60. The third-order valence-corrected chi connectivity index (χ3v) is 6.41. The van der Waals surface area contributed by atoms with E-state index in [0.717, 1.165) is 37.4 Å². The summed E-state index contributed by atoms with van der Waals surface area (Å²) in [5.41, 5.74) is 0.624. The fraction of sp³-hybridized carbons (Fsp3) is 0.550. The second-order valence-electron chi connectivity index (χ2n) is 7.10. The number of rotatable bonds is 5. The van der Waals surface area contributed by atoms with Crippen molar-refractivity contribution in [2.75, 3.05) is 5.75 Å². The molecule has 3 atom stereocenters. The molecular formula is C20H25NO4S. The smallest absolute Gasteiger partial charge is 0.326 e. The van der Waals surface area contributed by atoms with Gasteiger partial charge in [-0.25, -0.2) is 4.79 Å². The van der Waals surface area contributed by atoms with Crippen LogP contribution in [0.3, 0.4) is 0 Å². The van der Waals surface area contributed by atoms with Gasteiger partial charge in [-0.15, -0.1) is 0 Å². The number of carbonyl (C=O) groups excluding carboxylic acids is 2. The van der Waals surface area contributed by atoms with Crippen molar-refractivity contribution in [1.82, 2.24) is 4.90 Å². The molecule has 140 valence electrons. The number of nitrogens with zero attached hydrogens (tertiary/aromatic N) is 1. The summed E-state index contributed by atoms with van der Waals surface area (Å²) in [6, 6.07) is 8.34. The molecule has 1 aliphatic heterocycles. The number of piperidine rings is 1. The van der Waals surface area contributed by atoms with Gasteiger partial charge in [-0.1, -0.05) is 54.9 Å². The van der Waals surface area contributed by atoms with E-state index in [2.05, 4.69) is 0 Å².